The number of para-hydroxylation sites is 2. The Balaban J connectivity index is 1.23. The predicted octanol–water partition coefficient (Wildman–Crippen LogP) is 8.67. The standard InChI is InChI=1S/C33H48N2/c1-21(2)9-8-10-22(3)25-15-16-26-24-14-13-23-19-30-31(35-29-12-7-6-11-28(29)34-30)20-33(23,5)27(24)17-18-32(25,26)4/h6-7,11-12,21-27H,8-10,13-20H2,1-5H3/t22?,23-,24?,25?,26-,27?,32+,33-/m0/s1. The lowest BCUT2D eigenvalue weighted by molar-refractivity contribution is -0.104. The fourth-order valence-corrected chi connectivity index (χ4v) is 10.1. The van der Waals surface area contributed by atoms with E-state index in [0.717, 1.165) is 65.3 Å². The van der Waals surface area contributed by atoms with Gasteiger partial charge in [0.15, 0.2) is 0 Å². The van der Waals surface area contributed by atoms with E-state index in [1.807, 2.05) is 0 Å². The van der Waals surface area contributed by atoms with Gasteiger partial charge in [0, 0.05) is 0 Å². The Hall–Kier alpha value is -1.44. The topological polar surface area (TPSA) is 25.8 Å². The maximum absolute atomic E-state index is 5.18. The fraction of sp³-hybridized carbons (Fsp3) is 0.758. The van der Waals surface area contributed by atoms with Crippen molar-refractivity contribution < 1.29 is 0 Å². The minimum atomic E-state index is 0.412. The highest BCUT2D eigenvalue weighted by molar-refractivity contribution is 5.74. The molecule has 3 fully saturated rings. The minimum absolute atomic E-state index is 0.412. The quantitative estimate of drug-likeness (QED) is 0.435. The van der Waals surface area contributed by atoms with Gasteiger partial charge in [-0.25, -0.2) is 9.97 Å². The van der Waals surface area contributed by atoms with Gasteiger partial charge in [0.1, 0.15) is 0 Å². The van der Waals surface area contributed by atoms with Crippen LogP contribution in [0.1, 0.15) is 104 Å². The van der Waals surface area contributed by atoms with Crippen LogP contribution in [0.15, 0.2) is 24.3 Å². The van der Waals surface area contributed by atoms with Crippen molar-refractivity contribution in [2.75, 3.05) is 0 Å². The summed E-state index contributed by atoms with van der Waals surface area (Å²) in [6.45, 7) is 12.8. The van der Waals surface area contributed by atoms with E-state index in [9.17, 15) is 0 Å². The zero-order valence-corrected chi connectivity index (χ0v) is 23.0. The SMILES string of the molecule is CC(C)CCCC(C)C1CC[C@H]2C3CC[C@H]4Cc5nc6ccccc6nc5C[C@]4(C)C3CC[C@]12C. The summed E-state index contributed by atoms with van der Waals surface area (Å²) in [6, 6.07) is 8.49. The highest BCUT2D eigenvalue weighted by Gasteiger charge is 2.60. The van der Waals surface area contributed by atoms with Crippen LogP contribution in [0, 0.1) is 52.3 Å². The second-order valence-corrected chi connectivity index (χ2v) is 14.2. The highest BCUT2D eigenvalue weighted by atomic mass is 14.8. The molecule has 2 heteroatoms. The van der Waals surface area contributed by atoms with Crippen molar-refractivity contribution in [3.8, 4) is 0 Å². The molecule has 0 radical (unpaired) electrons. The van der Waals surface area contributed by atoms with Crippen LogP contribution < -0.4 is 0 Å². The van der Waals surface area contributed by atoms with Crippen molar-refractivity contribution in [1.82, 2.24) is 9.97 Å². The van der Waals surface area contributed by atoms with E-state index in [-0.39, 0.29) is 0 Å². The van der Waals surface area contributed by atoms with Crippen LogP contribution in [-0.4, -0.2) is 9.97 Å². The maximum Gasteiger partial charge on any atom is 0.0890 e. The summed E-state index contributed by atoms with van der Waals surface area (Å²) in [6.07, 6.45) is 15.4. The molecule has 0 aliphatic heterocycles. The summed E-state index contributed by atoms with van der Waals surface area (Å²) in [4.78, 5) is 10.3. The lowest BCUT2D eigenvalue weighted by atomic mass is 9.44. The van der Waals surface area contributed by atoms with Crippen LogP contribution in [-0.2, 0) is 12.8 Å². The Labute approximate surface area is 214 Å². The monoisotopic (exact) mass is 472 g/mol. The maximum atomic E-state index is 5.18. The molecule has 0 spiro atoms. The van der Waals surface area contributed by atoms with E-state index in [1.54, 1.807) is 0 Å². The van der Waals surface area contributed by atoms with Crippen molar-refractivity contribution in [1.29, 1.82) is 0 Å². The second kappa shape index (κ2) is 8.84. The fourth-order valence-electron chi connectivity index (χ4n) is 10.1. The first-order chi connectivity index (χ1) is 16.8. The average Bonchev–Trinajstić information content (AvgIpc) is 3.18. The Morgan fingerprint density at radius 1 is 0.829 bits per heavy atom. The highest BCUT2D eigenvalue weighted by Crippen LogP contribution is 2.67. The Morgan fingerprint density at radius 3 is 2.29 bits per heavy atom. The third kappa shape index (κ3) is 3.88. The molecule has 6 rings (SSSR count). The van der Waals surface area contributed by atoms with Gasteiger partial charge in [0.25, 0.3) is 0 Å². The molecular weight excluding hydrogens is 424 g/mol. The first-order valence-electron chi connectivity index (χ1n) is 15.0. The molecule has 1 aromatic heterocycles. The molecular formula is C33H48N2. The lowest BCUT2D eigenvalue weighted by Crippen LogP contribution is -2.54. The summed E-state index contributed by atoms with van der Waals surface area (Å²) in [5, 5.41) is 0. The number of rotatable bonds is 5. The van der Waals surface area contributed by atoms with E-state index >= 15 is 0 Å². The molecule has 8 atom stereocenters. The summed E-state index contributed by atoms with van der Waals surface area (Å²) < 4.78 is 0. The number of benzene rings is 1. The molecule has 0 saturated heterocycles. The van der Waals surface area contributed by atoms with E-state index < -0.39 is 0 Å². The first-order valence-corrected chi connectivity index (χ1v) is 15.0. The van der Waals surface area contributed by atoms with Crippen molar-refractivity contribution in [3.63, 3.8) is 0 Å². The van der Waals surface area contributed by atoms with Gasteiger partial charge in [-0.3, -0.25) is 0 Å². The minimum Gasteiger partial charge on any atom is -0.249 e. The molecule has 35 heavy (non-hydrogen) atoms. The zero-order valence-electron chi connectivity index (χ0n) is 23.0. The molecule has 4 unspecified atom stereocenters. The van der Waals surface area contributed by atoms with Gasteiger partial charge in [-0.15, -0.1) is 0 Å². The molecule has 0 bridgehead atoms. The predicted molar refractivity (Wildman–Crippen MR) is 146 cm³/mol. The molecule has 1 heterocycles. The smallest absolute Gasteiger partial charge is 0.0890 e. The van der Waals surface area contributed by atoms with Crippen LogP contribution in [0.5, 0.6) is 0 Å². The van der Waals surface area contributed by atoms with Gasteiger partial charge >= 0.3 is 0 Å². The lowest BCUT2D eigenvalue weighted by Gasteiger charge is -2.60. The zero-order chi connectivity index (χ0) is 24.4. The van der Waals surface area contributed by atoms with Crippen LogP contribution in [0.3, 0.4) is 0 Å². The summed E-state index contributed by atoms with van der Waals surface area (Å²) in [5.41, 5.74) is 5.79. The molecule has 2 nitrogen and oxygen atoms in total. The number of hydrogen-bond acceptors (Lipinski definition) is 2. The van der Waals surface area contributed by atoms with E-state index in [1.165, 1.54) is 69.2 Å². The van der Waals surface area contributed by atoms with Gasteiger partial charge in [-0.1, -0.05) is 66.0 Å². The molecule has 4 aliphatic carbocycles. The number of fused-ring (bicyclic) bond motifs is 7. The van der Waals surface area contributed by atoms with E-state index in [0.29, 0.717) is 10.8 Å². The summed E-state index contributed by atoms with van der Waals surface area (Å²) in [5.74, 6) is 6.29. The average molecular weight is 473 g/mol. The van der Waals surface area contributed by atoms with Gasteiger partial charge in [-0.2, -0.15) is 0 Å². The second-order valence-electron chi connectivity index (χ2n) is 14.2. The van der Waals surface area contributed by atoms with E-state index in [4.69, 9.17) is 9.97 Å². The van der Waals surface area contributed by atoms with Crippen molar-refractivity contribution in [2.24, 2.45) is 52.3 Å². The number of aromatic nitrogens is 2. The van der Waals surface area contributed by atoms with Crippen molar-refractivity contribution in [2.45, 2.75) is 105 Å². The third-order valence-electron chi connectivity index (χ3n) is 12.0. The molecule has 0 N–H and O–H groups in total. The normalized spacial score (nSPS) is 39.1. The molecule has 4 aliphatic rings. The molecule has 1 aromatic carbocycles. The Kier molecular flexibility index (Phi) is 6.05. The molecule has 3 saturated carbocycles. The largest absolute Gasteiger partial charge is 0.249 e. The first kappa shape index (κ1) is 23.9. The third-order valence-corrected chi connectivity index (χ3v) is 12.0. The number of hydrogen-bond donors (Lipinski definition) is 0. The summed E-state index contributed by atoms with van der Waals surface area (Å²) in [7, 11) is 0. The van der Waals surface area contributed by atoms with Crippen LogP contribution in [0.4, 0.5) is 0 Å². The van der Waals surface area contributed by atoms with Crippen molar-refractivity contribution >= 4 is 11.0 Å². The molecule has 2 aromatic rings. The van der Waals surface area contributed by atoms with E-state index in [2.05, 4.69) is 58.9 Å². The van der Waals surface area contributed by atoms with Crippen molar-refractivity contribution in [3.05, 3.63) is 35.7 Å². The van der Waals surface area contributed by atoms with Gasteiger partial charge < -0.3 is 0 Å². The molecule has 190 valence electrons. The van der Waals surface area contributed by atoms with Gasteiger partial charge in [0.2, 0.25) is 0 Å². The molecule has 0 amide bonds. The van der Waals surface area contributed by atoms with Crippen LogP contribution >= 0.6 is 0 Å². The van der Waals surface area contributed by atoms with Gasteiger partial charge in [-0.05, 0) is 116 Å². The Morgan fingerprint density at radius 2 is 1.54 bits per heavy atom. The van der Waals surface area contributed by atoms with Crippen LogP contribution in [0.2, 0.25) is 0 Å². The van der Waals surface area contributed by atoms with Crippen LogP contribution in [0.25, 0.3) is 11.0 Å². The summed E-state index contributed by atoms with van der Waals surface area (Å²) >= 11 is 0. The van der Waals surface area contributed by atoms with Gasteiger partial charge in [0.05, 0.1) is 22.4 Å². The number of nitrogens with zero attached hydrogens (tertiary/aromatic N) is 2. The Bertz CT molecular complexity index is 1070.